The van der Waals surface area contributed by atoms with Crippen molar-refractivity contribution in [2.45, 2.75) is 18.2 Å². The average molecular weight is 208 g/mol. The third kappa shape index (κ3) is 1.62. The topological polar surface area (TPSA) is 38.0 Å². The Kier molecular flexibility index (Phi) is 2.70. The van der Waals surface area contributed by atoms with Crippen molar-refractivity contribution in [2.24, 2.45) is 0 Å². The van der Waals surface area contributed by atoms with Crippen molar-refractivity contribution in [3.05, 3.63) is 29.8 Å². The molecular weight excluding hydrogens is 192 g/mol. The van der Waals surface area contributed by atoms with Gasteiger partial charge >= 0.3 is 0 Å². The molecule has 3 heteroatoms. The second-order valence-electron chi connectivity index (χ2n) is 3.58. The van der Waals surface area contributed by atoms with Crippen molar-refractivity contribution in [2.75, 3.05) is 18.0 Å². The number of hydrogen-bond donors (Lipinski definition) is 2. The standard InChI is InChI=1S/C11H16N2S/c1-2-11(13-7-8-14-11)9-3-5-10(12)6-4-9/h3-6,13H,2,7-8,12H2,1H3/t11-/m0/s1. The molecular formula is C11H16N2S. The van der Waals surface area contributed by atoms with Crippen LogP contribution in [0.2, 0.25) is 0 Å². The average Bonchev–Trinajstić information content (AvgIpc) is 2.68. The van der Waals surface area contributed by atoms with Gasteiger partial charge in [0, 0.05) is 18.0 Å². The Labute approximate surface area is 89.3 Å². The molecule has 1 saturated heterocycles. The van der Waals surface area contributed by atoms with E-state index in [4.69, 9.17) is 5.73 Å². The summed E-state index contributed by atoms with van der Waals surface area (Å²) in [6.45, 7) is 3.32. The number of nitrogens with one attached hydrogen (secondary N) is 1. The van der Waals surface area contributed by atoms with Crippen LogP contribution in [0.5, 0.6) is 0 Å². The molecule has 1 heterocycles. The molecule has 3 N–H and O–H groups in total. The van der Waals surface area contributed by atoms with Crippen LogP contribution in [0.1, 0.15) is 18.9 Å². The lowest BCUT2D eigenvalue weighted by molar-refractivity contribution is 0.509. The highest BCUT2D eigenvalue weighted by Gasteiger charge is 2.33. The van der Waals surface area contributed by atoms with Crippen LogP contribution < -0.4 is 11.1 Å². The summed E-state index contributed by atoms with van der Waals surface area (Å²) in [5, 5.41) is 3.58. The van der Waals surface area contributed by atoms with Gasteiger partial charge in [-0.25, -0.2) is 0 Å². The summed E-state index contributed by atoms with van der Waals surface area (Å²) in [7, 11) is 0. The normalized spacial score (nSPS) is 26.6. The van der Waals surface area contributed by atoms with Crippen molar-refractivity contribution in [3.63, 3.8) is 0 Å². The van der Waals surface area contributed by atoms with Gasteiger partial charge in [-0.3, -0.25) is 5.32 Å². The van der Waals surface area contributed by atoms with Crippen LogP contribution in [0.25, 0.3) is 0 Å². The monoisotopic (exact) mass is 208 g/mol. The summed E-state index contributed by atoms with van der Waals surface area (Å²) in [5.41, 5.74) is 7.86. The lowest BCUT2D eigenvalue weighted by Gasteiger charge is -2.27. The number of hydrogen-bond acceptors (Lipinski definition) is 3. The molecule has 2 rings (SSSR count). The Morgan fingerprint density at radius 1 is 1.43 bits per heavy atom. The number of nitrogen functional groups attached to an aromatic ring is 1. The van der Waals surface area contributed by atoms with Crippen molar-refractivity contribution < 1.29 is 0 Å². The molecule has 1 aromatic carbocycles. The molecule has 0 aromatic heterocycles. The Balaban J connectivity index is 2.31. The molecule has 0 aliphatic carbocycles. The van der Waals surface area contributed by atoms with E-state index in [1.807, 2.05) is 23.9 Å². The molecule has 0 amide bonds. The summed E-state index contributed by atoms with van der Waals surface area (Å²) < 4.78 is 0. The van der Waals surface area contributed by atoms with Crippen LogP contribution in [0.15, 0.2) is 24.3 Å². The van der Waals surface area contributed by atoms with Gasteiger partial charge in [0.2, 0.25) is 0 Å². The first-order chi connectivity index (χ1) is 6.77. The van der Waals surface area contributed by atoms with Gasteiger partial charge in [0.25, 0.3) is 0 Å². The third-order valence-corrected chi connectivity index (χ3v) is 4.31. The van der Waals surface area contributed by atoms with Crippen molar-refractivity contribution in [3.8, 4) is 0 Å². The summed E-state index contributed by atoms with van der Waals surface area (Å²) in [5.74, 6) is 1.19. The number of anilines is 1. The minimum Gasteiger partial charge on any atom is -0.399 e. The fourth-order valence-electron chi connectivity index (χ4n) is 1.90. The van der Waals surface area contributed by atoms with Gasteiger partial charge in [-0.1, -0.05) is 19.1 Å². The maximum Gasteiger partial charge on any atom is 0.0899 e. The zero-order valence-electron chi connectivity index (χ0n) is 8.42. The molecule has 76 valence electrons. The zero-order valence-corrected chi connectivity index (χ0v) is 9.23. The third-order valence-electron chi connectivity index (χ3n) is 2.74. The summed E-state index contributed by atoms with van der Waals surface area (Å²) >= 11 is 2.00. The fraction of sp³-hybridized carbons (Fsp3) is 0.455. The number of thioether (sulfide) groups is 1. The van der Waals surface area contributed by atoms with E-state index < -0.39 is 0 Å². The number of rotatable bonds is 2. The SMILES string of the molecule is CC[C@]1(c2ccc(N)cc2)NCCS1. The van der Waals surface area contributed by atoms with E-state index in [9.17, 15) is 0 Å². The summed E-state index contributed by atoms with van der Waals surface area (Å²) in [6, 6.07) is 8.22. The van der Waals surface area contributed by atoms with E-state index in [1.165, 1.54) is 11.3 Å². The van der Waals surface area contributed by atoms with Crippen LogP contribution in [-0.2, 0) is 4.87 Å². The minimum atomic E-state index is 0.133. The first-order valence-electron chi connectivity index (χ1n) is 5.02. The summed E-state index contributed by atoms with van der Waals surface area (Å²) in [6.07, 6.45) is 1.11. The first kappa shape index (κ1) is 9.87. The Bertz CT molecular complexity index is 302. The highest BCUT2D eigenvalue weighted by atomic mass is 32.2. The van der Waals surface area contributed by atoms with Crippen LogP contribution in [0.4, 0.5) is 5.69 Å². The van der Waals surface area contributed by atoms with Crippen molar-refractivity contribution in [1.82, 2.24) is 5.32 Å². The van der Waals surface area contributed by atoms with E-state index in [2.05, 4.69) is 24.4 Å². The molecule has 1 atom stereocenters. The summed E-state index contributed by atoms with van der Waals surface area (Å²) in [4.78, 5) is 0.133. The Morgan fingerprint density at radius 3 is 2.64 bits per heavy atom. The fourth-order valence-corrected chi connectivity index (χ4v) is 3.16. The van der Waals surface area contributed by atoms with E-state index in [0.29, 0.717) is 0 Å². The molecule has 1 aromatic rings. The van der Waals surface area contributed by atoms with Crippen LogP contribution in [0.3, 0.4) is 0 Å². The molecule has 14 heavy (non-hydrogen) atoms. The second kappa shape index (κ2) is 3.83. The Hall–Kier alpha value is -0.670. The van der Waals surface area contributed by atoms with Gasteiger partial charge in [0.05, 0.1) is 4.87 Å². The molecule has 2 nitrogen and oxygen atoms in total. The molecule has 0 bridgehead atoms. The van der Waals surface area contributed by atoms with Gasteiger partial charge in [0.15, 0.2) is 0 Å². The zero-order chi connectivity index (χ0) is 10.0. The van der Waals surface area contributed by atoms with Gasteiger partial charge in [0.1, 0.15) is 0 Å². The van der Waals surface area contributed by atoms with Crippen LogP contribution in [-0.4, -0.2) is 12.3 Å². The molecule has 0 unspecified atom stereocenters. The first-order valence-corrected chi connectivity index (χ1v) is 6.00. The lowest BCUT2D eigenvalue weighted by atomic mass is 10.0. The molecule has 1 aliphatic heterocycles. The predicted octanol–water partition coefficient (Wildman–Crippen LogP) is 2.17. The smallest absolute Gasteiger partial charge is 0.0899 e. The van der Waals surface area contributed by atoms with E-state index >= 15 is 0 Å². The lowest BCUT2D eigenvalue weighted by Crippen LogP contribution is -2.33. The van der Waals surface area contributed by atoms with Gasteiger partial charge in [-0.05, 0) is 24.1 Å². The van der Waals surface area contributed by atoms with Gasteiger partial charge < -0.3 is 5.73 Å². The maximum atomic E-state index is 5.68. The highest BCUT2D eigenvalue weighted by molar-refractivity contribution is 8.00. The van der Waals surface area contributed by atoms with Gasteiger partial charge in [-0.2, -0.15) is 0 Å². The molecule has 1 fully saturated rings. The van der Waals surface area contributed by atoms with Crippen molar-refractivity contribution >= 4 is 17.4 Å². The predicted molar refractivity (Wildman–Crippen MR) is 63.3 cm³/mol. The van der Waals surface area contributed by atoms with Crippen LogP contribution >= 0.6 is 11.8 Å². The number of benzene rings is 1. The molecule has 0 spiro atoms. The molecule has 0 saturated carbocycles. The largest absolute Gasteiger partial charge is 0.399 e. The highest BCUT2D eigenvalue weighted by Crippen LogP contribution is 2.40. The minimum absolute atomic E-state index is 0.133. The number of nitrogens with two attached hydrogens (primary N) is 1. The van der Waals surface area contributed by atoms with E-state index in [0.717, 1.165) is 18.7 Å². The van der Waals surface area contributed by atoms with E-state index in [-0.39, 0.29) is 4.87 Å². The Morgan fingerprint density at radius 2 is 2.14 bits per heavy atom. The quantitative estimate of drug-likeness (QED) is 0.732. The molecule has 1 aliphatic rings. The van der Waals surface area contributed by atoms with E-state index in [1.54, 1.807) is 0 Å². The van der Waals surface area contributed by atoms with Crippen LogP contribution in [0, 0.1) is 0 Å². The van der Waals surface area contributed by atoms with Crippen molar-refractivity contribution in [1.29, 1.82) is 0 Å². The second-order valence-corrected chi connectivity index (χ2v) is 4.97. The molecule has 0 radical (unpaired) electrons. The maximum absolute atomic E-state index is 5.68. The van der Waals surface area contributed by atoms with Gasteiger partial charge in [-0.15, -0.1) is 11.8 Å².